The van der Waals surface area contributed by atoms with Crippen molar-refractivity contribution in [1.29, 1.82) is 0 Å². The van der Waals surface area contributed by atoms with Crippen LogP contribution in [0.25, 0.3) is 49.3 Å². The first-order chi connectivity index (χ1) is 47.4. The van der Waals surface area contributed by atoms with E-state index in [-0.39, 0.29) is 118 Å². The number of aromatic nitrogens is 7. The predicted molar refractivity (Wildman–Crippen MR) is 354 cm³/mol. The van der Waals surface area contributed by atoms with Crippen molar-refractivity contribution in [2.75, 3.05) is 54.1 Å². The number of rotatable bonds is 11. The van der Waals surface area contributed by atoms with E-state index < -0.39 is 146 Å². The van der Waals surface area contributed by atoms with Gasteiger partial charge < -0.3 is 90.2 Å². The van der Waals surface area contributed by atoms with Crippen LogP contribution in [0.4, 0.5) is 0 Å². The van der Waals surface area contributed by atoms with Gasteiger partial charge in [0.2, 0.25) is 5.91 Å². The number of aliphatic hydroxyl groups is 4. The zero-order valence-corrected chi connectivity index (χ0v) is 57.7. The summed E-state index contributed by atoms with van der Waals surface area (Å²) in [5.41, 5.74) is -2.63. The summed E-state index contributed by atoms with van der Waals surface area (Å²) in [6, 6.07) is 0.684. The van der Waals surface area contributed by atoms with Crippen LogP contribution in [0.5, 0.6) is 5.75 Å². The Hall–Kier alpha value is -8.83. The summed E-state index contributed by atoms with van der Waals surface area (Å²) < 4.78 is 38.2. The van der Waals surface area contributed by atoms with Crippen LogP contribution >= 0.6 is 56.7 Å². The first-order valence-corrected chi connectivity index (χ1v) is 35.0. The van der Waals surface area contributed by atoms with Crippen LogP contribution in [0.1, 0.15) is 125 Å². The molecule has 8 aromatic rings. The molecule has 1 saturated heterocycles. The number of esters is 2. The lowest BCUT2D eigenvalue weighted by Crippen LogP contribution is -2.62. The molecular formula is C62H65N13O19S5. The first-order valence-electron chi connectivity index (χ1n) is 30.6. The maximum atomic E-state index is 15.2. The summed E-state index contributed by atoms with van der Waals surface area (Å²) in [5.74, 6) is -6.99. The fraction of sp³-hybridized carbons (Fsp3) is 0.403. The number of aliphatic hydroxyl groups excluding tert-OH is 3. The number of nitrogens with one attached hydrogen (secondary N) is 4. The van der Waals surface area contributed by atoms with Crippen LogP contribution in [0.15, 0.2) is 56.9 Å². The molecule has 0 saturated carbocycles. The number of nitrogens with zero attached hydrogens (tertiary/aromatic N) is 9. The number of hydrogen-bond acceptors (Lipinski definition) is 31. The average Bonchev–Trinajstić information content (AvgIpc) is 1.61. The number of carbonyl (C=O) groups is 7. The Morgan fingerprint density at radius 1 is 0.818 bits per heavy atom. The van der Waals surface area contributed by atoms with E-state index in [2.05, 4.69) is 36.2 Å². The minimum atomic E-state index is -1.92. The Labute approximate surface area is 581 Å². The highest BCUT2D eigenvalue weighted by molar-refractivity contribution is 7.14. The summed E-state index contributed by atoms with van der Waals surface area (Å²) in [7, 11) is 4.84. The number of benzene rings is 1. The molecule has 1 aromatic carbocycles. The molecule has 12 rings (SSSR count). The highest BCUT2D eigenvalue weighted by Gasteiger charge is 2.50. The van der Waals surface area contributed by atoms with Gasteiger partial charge in [0.1, 0.15) is 120 Å². The Bertz CT molecular complexity index is 4490. The van der Waals surface area contributed by atoms with Crippen molar-refractivity contribution in [1.82, 2.24) is 65.7 Å². The van der Waals surface area contributed by atoms with Crippen LogP contribution < -0.4 is 21.3 Å². The standard InChI is InChI=1S/C62H65N13O19S5/c1-25(78)41-53(83)71-42(26(2)89-7)56-66-35(23-97-56)52(82)72-45-47-48(94-39-16-62(4,87)49(73(5)6)27(3)93-39)61(86)91-17-28-9-8-10-37-40(28)30(18-90-47)46(75(37)88)60(85)92-19-31(63-50(80)33-22-98-58(45)67-33)55-64-32(20-96-55)43-29(54-65-34(21-95-54)51(81)70-41)15-38(79)44(69-43)57-68-36(24-99-57)59(84)74(11-13-76)12-14-77/h8-10,15,20-25,27,31,39,41,45,47-49,76-79,87-88H,11-14,16-19H2,1-7H3,(H,63,80)(H,70,81)(H,71,83)(H,72,82)/b42-26+. The van der Waals surface area contributed by atoms with E-state index in [0.717, 1.165) is 56.7 Å². The lowest BCUT2D eigenvalue weighted by Gasteiger charge is -2.48. The number of fused-ring (bicyclic) bond motifs is 15. The monoisotopic (exact) mass is 1460 g/mol. The number of amides is 5. The van der Waals surface area contributed by atoms with E-state index in [4.69, 9.17) is 43.4 Å². The van der Waals surface area contributed by atoms with E-state index >= 15 is 14.4 Å². The van der Waals surface area contributed by atoms with Gasteiger partial charge in [0.15, 0.2) is 18.1 Å². The van der Waals surface area contributed by atoms with Crippen molar-refractivity contribution in [2.24, 2.45) is 0 Å². The van der Waals surface area contributed by atoms with Crippen LogP contribution in [-0.4, -0.2) is 219 Å². The second-order valence-corrected chi connectivity index (χ2v) is 28.1. The second kappa shape index (κ2) is 28.8. The molecule has 10 atom stereocenters. The molecule has 1 fully saturated rings. The van der Waals surface area contributed by atoms with Gasteiger partial charge >= 0.3 is 11.9 Å². The van der Waals surface area contributed by atoms with E-state index in [1.54, 1.807) is 45.0 Å². The quantitative estimate of drug-likeness (QED) is 0.0502. The van der Waals surface area contributed by atoms with E-state index in [9.17, 15) is 49.9 Å². The van der Waals surface area contributed by atoms with Gasteiger partial charge in [-0.3, -0.25) is 24.0 Å². The number of methoxy groups -OCH3 is 1. The largest absolute Gasteiger partial charge is 0.506 e. The zero-order chi connectivity index (χ0) is 70.5. The molecule has 0 radical (unpaired) electrons. The van der Waals surface area contributed by atoms with E-state index in [1.165, 1.54) is 64.9 Å². The van der Waals surface area contributed by atoms with Crippen LogP contribution in [0.2, 0.25) is 0 Å². The minimum absolute atomic E-state index is 0.00925. The number of likely N-dealkylation sites (N-methyl/N-ethyl adjacent to an activating group) is 1. The molecule has 0 spiro atoms. The Kier molecular flexibility index (Phi) is 20.4. The average molecular weight is 1460 g/mol. The van der Waals surface area contributed by atoms with E-state index in [1.807, 2.05) is 0 Å². The molecule has 5 amide bonds. The van der Waals surface area contributed by atoms with Gasteiger partial charge in [-0.1, -0.05) is 12.1 Å². The SMILES string of the molecule is CO/C(C)=C1/NC(=O)C(C(C)O)NC(=O)c2csc(n2)-c2cc(O)c(-c3nc(C(=O)N(CCO)CCO)cs3)nc2-c2csc(n2)C2COC(=O)c3c4c5c(cccc5n3O)COC(=O)C(OC3CC(C)(O)C(N(C)C)C(C)O3)C(OC4)C(NC(=O)c3csc1n3)c1nc(cs1)C(=O)N2. The minimum Gasteiger partial charge on any atom is -0.506 e. The fourth-order valence-corrected chi connectivity index (χ4v) is 16.4. The smallest absolute Gasteiger partial charge is 0.358 e. The maximum absolute atomic E-state index is 15.2. The van der Waals surface area contributed by atoms with Crippen LogP contribution in [-0.2, 0) is 51.2 Å². The van der Waals surface area contributed by atoms with Gasteiger partial charge in [-0.05, 0) is 59.5 Å². The van der Waals surface area contributed by atoms with Crippen molar-refractivity contribution in [3.05, 3.63) is 112 Å². The third kappa shape index (κ3) is 14.0. The Morgan fingerprint density at radius 3 is 2.18 bits per heavy atom. The molecule has 10 N–H and O–H groups in total. The molecule has 10 unspecified atom stereocenters. The highest BCUT2D eigenvalue weighted by Crippen LogP contribution is 2.43. The molecule has 32 nitrogen and oxygen atoms in total. The number of carbonyl (C=O) groups excluding carboxylic acids is 7. The van der Waals surface area contributed by atoms with Crippen LogP contribution in [0, 0.1) is 0 Å². The third-order valence-corrected chi connectivity index (χ3v) is 21.2. The topological polar surface area (TPSA) is 433 Å². The molecule has 4 aliphatic heterocycles. The summed E-state index contributed by atoms with van der Waals surface area (Å²) in [5, 5.41) is 84.8. The number of allylic oxidation sites excluding steroid dienone is 1. The third-order valence-electron chi connectivity index (χ3n) is 16.8. The van der Waals surface area contributed by atoms with Gasteiger partial charge in [0.05, 0.1) is 56.3 Å². The second-order valence-electron chi connectivity index (χ2n) is 23.8. The fourth-order valence-electron chi connectivity index (χ4n) is 12.2. The van der Waals surface area contributed by atoms with Gasteiger partial charge in [0.25, 0.3) is 23.6 Å². The van der Waals surface area contributed by atoms with Gasteiger partial charge in [-0.25, -0.2) is 39.5 Å². The molecule has 4 aliphatic rings. The predicted octanol–water partition coefficient (Wildman–Crippen LogP) is 3.59. The molecule has 12 bridgehead atoms. The molecule has 37 heteroatoms. The normalized spacial score (nSPS) is 24.0. The molecule has 7 aromatic heterocycles. The summed E-state index contributed by atoms with van der Waals surface area (Å²) in [6.45, 7) is 3.21. The highest BCUT2D eigenvalue weighted by atomic mass is 32.1. The van der Waals surface area contributed by atoms with Gasteiger partial charge in [-0.2, -0.15) is 4.73 Å². The number of cyclic esters (lactones) is 2. The number of thiazole rings is 5. The molecule has 11 heterocycles. The first kappa shape index (κ1) is 70.0. The number of pyridine rings is 1. The van der Waals surface area contributed by atoms with E-state index in [0.29, 0.717) is 10.3 Å². The van der Waals surface area contributed by atoms with Crippen molar-refractivity contribution >= 4 is 115 Å². The Balaban J connectivity index is 1.04. The van der Waals surface area contributed by atoms with Gasteiger partial charge in [0, 0.05) is 62.9 Å². The molecular weight excluding hydrogens is 1390 g/mol. The van der Waals surface area contributed by atoms with Crippen LogP contribution in [0.3, 0.4) is 0 Å². The molecule has 0 aliphatic carbocycles. The summed E-state index contributed by atoms with van der Waals surface area (Å²) in [6.07, 6.45) is -7.54. The Morgan fingerprint density at radius 2 is 1.47 bits per heavy atom. The van der Waals surface area contributed by atoms with Crippen molar-refractivity contribution in [3.63, 3.8) is 0 Å². The lowest BCUT2D eigenvalue weighted by atomic mass is 9.85. The number of ether oxygens (including phenoxy) is 6. The lowest BCUT2D eigenvalue weighted by molar-refractivity contribution is -0.280. The zero-order valence-electron chi connectivity index (χ0n) is 53.6. The van der Waals surface area contributed by atoms with Crippen molar-refractivity contribution in [3.8, 4) is 38.4 Å². The summed E-state index contributed by atoms with van der Waals surface area (Å²) in [4.78, 5) is 134. The summed E-state index contributed by atoms with van der Waals surface area (Å²) >= 11 is 4.54. The number of aromatic hydroxyl groups is 1. The molecule has 522 valence electrons. The molecule has 99 heavy (non-hydrogen) atoms. The van der Waals surface area contributed by atoms with Gasteiger partial charge in [-0.15, -0.1) is 56.7 Å². The number of hydrogen-bond donors (Lipinski definition) is 10. The van der Waals surface area contributed by atoms with Crippen molar-refractivity contribution in [2.45, 2.75) is 108 Å². The maximum Gasteiger partial charge on any atom is 0.358 e. The van der Waals surface area contributed by atoms with Crippen molar-refractivity contribution < 1.29 is 92.7 Å².